The summed E-state index contributed by atoms with van der Waals surface area (Å²) in [7, 11) is 3.20. The molecule has 2 aliphatic rings. The third-order valence-corrected chi connectivity index (χ3v) is 7.35. The Kier molecular flexibility index (Phi) is 13.8. The fraction of sp³-hybridized carbons (Fsp3) is 0.412. The predicted octanol–water partition coefficient (Wildman–Crippen LogP) is 2.48. The maximum Gasteiger partial charge on any atom is 0.261 e. The summed E-state index contributed by atoms with van der Waals surface area (Å²) in [5, 5.41) is 0. The van der Waals surface area contributed by atoms with E-state index in [0.717, 1.165) is 12.6 Å². The molecule has 0 aliphatic carbocycles. The molecule has 0 aromatic heterocycles. The Morgan fingerprint density at radius 2 is 0.826 bits per heavy atom. The first-order valence-corrected chi connectivity index (χ1v) is 15.1. The summed E-state index contributed by atoms with van der Waals surface area (Å²) in [6, 6.07) is 13.5. The molecule has 2 aliphatic heterocycles. The highest BCUT2D eigenvalue weighted by Crippen LogP contribution is 2.46. The van der Waals surface area contributed by atoms with E-state index in [-0.39, 0.29) is 49.3 Å². The van der Waals surface area contributed by atoms with Crippen LogP contribution in [-0.4, -0.2) is 128 Å². The molecule has 0 radical (unpaired) electrons. The van der Waals surface area contributed by atoms with Crippen LogP contribution < -0.4 is 0 Å². The minimum absolute atomic E-state index is 0.186. The topological polar surface area (TPSA) is 130 Å². The zero-order chi connectivity index (χ0) is 32.7. The van der Waals surface area contributed by atoms with E-state index < -0.39 is 0 Å². The van der Waals surface area contributed by atoms with Crippen molar-refractivity contribution in [3.63, 3.8) is 0 Å². The van der Waals surface area contributed by atoms with Gasteiger partial charge >= 0.3 is 0 Å². The molecule has 12 nitrogen and oxygen atoms in total. The summed E-state index contributed by atoms with van der Waals surface area (Å²) < 4.78 is 32.3. The van der Waals surface area contributed by atoms with Crippen LogP contribution >= 0.6 is 0 Å². The van der Waals surface area contributed by atoms with Gasteiger partial charge in [-0.15, -0.1) is 0 Å². The van der Waals surface area contributed by atoms with E-state index in [0.29, 0.717) is 86.5 Å². The minimum atomic E-state index is -0.345. The van der Waals surface area contributed by atoms with Crippen LogP contribution in [0.5, 0.6) is 0 Å². The summed E-state index contributed by atoms with van der Waals surface area (Å²) in [5.41, 5.74) is 3.59. The minimum Gasteiger partial charge on any atom is -0.382 e. The molecule has 0 fully saturated rings. The second-order valence-electron chi connectivity index (χ2n) is 10.3. The van der Waals surface area contributed by atoms with Gasteiger partial charge in [-0.25, -0.2) is 0 Å². The number of nitrogens with zero attached hydrogens (tertiary/aromatic N) is 2. The number of rotatable bonds is 22. The predicted molar refractivity (Wildman–Crippen MR) is 168 cm³/mol. The number of amides is 2. The molecule has 0 atom stereocenters. The second-order valence-corrected chi connectivity index (χ2v) is 10.3. The Morgan fingerprint density at radius 1 is 0.500 bits per heavy atom. The molecule has 0 spiro atoms. The van der Waals surface area contributed by atoms with Crippen molar-refractivity contribution in [1.29, 1.82) is 0 Å². The van der Waals surface area contributed by atoms with E-state index in [2.05, 4.69) is 0 Å². The number of methoxy groups -OCH3 is 2. The molecule has 2 heterocycles. The molecule has 0 saturated heterocycles. The molecule has 12 heteroatoms. The first kappa shape index (κ1) is 34.8. The Balaban J connectivity index is 1.63. The third-order valence-electron chi connectivity index (χ3n) is 7.35. The van der Waals surface area contributed by atoms with Crippen LogP contribution in [-0.2, 0) is 38.0 Å². The fourth-order valence-corrected chi connectivity index (χ4v) is 5.10. The van der Waals surface area contributed by atoms with E-state index in [9.17, 15) is 19.2 Å². The maximum atomic E-state index is 14.2. The van der Waals surface area contributed by atoms with Crippen LogP contribution in [0.4, 0.5) is 0 Å². The Bertz CT molecular complexity index is 1290. The molecule has 246 valence electrons. The van der Waals surface area contributed by atoms with Crippen LogP contribution in [0.1, 0.15) is 31.8 Å². The van der Waals surface area contributed by atoms with Crippen molar-refractivity contribution >= 4 is 35.8 Å². The van der Waals surface area contributed by atoms with Gasteiger partial charge in [-0.05, 0) is 11.1 Å². The summed E-state index contributed by atoms with van der Waals surface area (Å²) in [4.78, 5) is 54.2. The molecular formula is C34H40N2O10. The molecule has 0 unspecified atom stereocenters. The fourth-order valence-electron chi connectivity index (χ4n) is 5.10. The van der Waals surface area contributed by atoms with Gasteiger partial charge in [0.1, 0.15) is 12.6 Å². The Hall–Kier alpha value is -4.04. The lowest BCUT2D eigenvalue weighted by atomic mass is 10.0. The largest absolute Gasteiger partial charge is 0.382 e. The SMILES string of the molecule is COCCOCCOCCN1C(=O)C2=C(c3ccc(C=O)cc3)N(CCOCCOCCOC)C(=O)C2=C1c1ccc(C=O)cc1. The normalized spacial score (nSPS) is 14.6. The van der Waals surface area contributed by atoms with Gasteiger partial charge < -0.3 is 38.2 Å². The van der Waals surface area contributed by atoms with Gasteiger partial charge in [-0.1, -0.05) is 48.5 Å². The van der Waals surface area contributed by atoms with Gasteiger partial charge in [0.05, 0.1) is 88.6 Å². The number of hydrogen-bond donors (Lipinski definition) is 0. The van der Waals surface area contributed by atoms with Crippen LogP contribution in [0.25, 0.3) is 11.4 Å². The molecule has 2 amide bonds. The number of carbonyl (C=O) groups excluding carboxylic acids is 4. The molecule has 2 aromatic rings. The zero-order valence-corrected chi connectivity index (χ0v) is 26.2. The number of fused-ring (bicyclic) bond motifs is 1. The molecule has 0 saturated carbocycles. The summed E-state index contributed by atoms with van der Waals surface area (Å²) in [6.07, 6.45) is 1.47. The zero-order valence-electron chi connectivity index (χ0n) is 26.2. The van der Waals surface area contributed by atoms with Crippen molar-refractivity contribution in [2.24, 2.45) is 0 Å². The third kappa shape index (κ3) is 8.60. The van der Waals surface area contributed by atoms with Gasteiger partial charge in [0.25, 0.3) is 11.8 Å². The molecule has 0 bridgehead atoms. The first-order chi connectivity index (χ1) is 22.5. The van der Waals surface area contributed by atoms with Gasteiger partial charge in [-0.3, -0.25) is 19.2 Å². The van der Waals surface area contributed by atoms with E-state index >= 15 is 0 Å². The second kappa shape index (κ2) is 18.2. The molecule has 46 heavy (non-hydrogen) atoms. The number of ether oxygens (including phenoxy) is 6. The van der Waals surface area contributed by atoms with Crippen molar-refractivity contribution in [3.05, 3.63) is 81.9 Å². The van der Waals surface area contributed by atoms with Gasteiger partial charge in [0.2, 0.25) is 0 Å². The summed E-state index contributed by atoms with van der Waals surface area (Å²) in [6.45, 7) is 4.06. The highest BCUT2D eigenvalue weighted by atomic mass is 16.5. The number of carbonyl (C=O) groups is 4. The Labute approximate surface area is 268 Å². The smallest absolute Gasteiger partial charge is 0.261 e. The number of aldehydes is 2. The lowest BCUT2D eigenvalue weighted by Crippen LogP contribution is -2.33. The average molecular weight is 637 g/mol. The van der Waals surface area contributed by atoms with Crippen LogP contribution in [0.2, 0.25) is 0 Å². The molecule has 2 aromatic carbocycles. The van der Waals surface area contributed by atoms with Crippen molar-refractivity contribution in [1.82, 2.24) is 9.80 Å². The van der Waals surface area contributed by atoms with E-state index in [4.69, 9.17) is 28.4 Å². The van der Waals surface area contributed by atoms with Crippen LogP contribution in [0, 0.1) is 0 Å². The standard InChI is InChI=1S/C34H40N2O10/c1-41-15-17-45-21-19-43-13-11-35-31(27-7-3-25(23-37)4-8-27)29-30(33(35)39)32(28-9-5-26(24-38)6-10-28)36(34(29)40)12-14-44-20-22-46-18-16-42-2/h3-10,23-24H,11-22H2,1-2H3. The number of benzene rings is 2. The van der Waals surface area contributed by atoms with Crippen molar-refractivity contribution < 1.29 is 47.6 Å². The lowest BCUT2D eigenvalue weighted by Gasteiger charge is -2.25. The van der Waals surface area contributed by atoms with Crippen LogP contribution in [0.3, 0.4) is 0 Å². The quantitative estimate of drug-likeness (QED) is 0.140. The average Bonchev–Trinajstić information content (AvgIpc) is 3.53. The van der Waals surface area contributed by atoms with Crippen molar-refractivity contribution in [2.75, 3.05) is 93.4 Å². The highest BCUT2D eigenvalue weighted by molar-refractivity contribution is 6.30. The van der Waals surface area contributed by atoms with E-state index in [1.54, 1.807) is 72.6 Å². The monoisotopic (exact) mass is 636 g/mol. The van der Waals surface area contributed by atoms with Gasteiger partial charge in [-0.2, -0.15) is 0 Å². The van der Waals surface area contributed by atoms with E-state index in [1.807, 2.05) is 0 Å². The molecule has 0 N–H and O–H groups in total. The lowest BCUT2D eigenvalue weighted by molar-refractivity contribution is -0.124. The molecular weight excluding hydrogens is 596 g/mol. The Morgan fingerprint density at radius 3 is 1.15 bits per heavy atom. The first-order valence-electron chi connectivity index (χ1n) is 15.1. The summed E-state index contributed by atoms with van der Waals surface area (Å²) >= 11 is 0. The van der Waals surface area contributed by atoms with Crippen LogP contribution in [0.15, 0.2) is 59.7 Å². The maximum absolute atomic E-state index is 14.2. The van der Waals surface area contributed by atoms with Crippen molar-refractivity contribution in [3.8, 4) is 0 Å². The van der Waals surface area contributed by atoms with Gasteiger partial charge in [0, 0.05) is 38.4 Å². The van der Waals surface area contributed by atoms with Crippen molar-refractivity contribution in [2.45, 2.75) is 0 Å². The highest BCUT2D eigenvalue weighted by Gasteiger charge is 2.48. The van der Waals surface area contributed by atoms with Gasteiger partial charge in [0.15, 0.2) is 0 Å². The van der Waals surface area contributed by atoms with E-state index in [1.165, 1.54) is 0 Å². The molecule has 4 rings (SSSR count). The summed E-state index contributed by atoms with van der Waals surface area (Å²) in [5.74, 6) is -0.690. The number of hydrogen-bond acceptors (Lipinski definition) is 10.